The highest BCUT2D eigenvalue weighted by molar-refractivity contribution is 6.02. The van der Waals surface area contributed by atoms with Gasteiger partial charge in [-0.05, 0) is 17.5 Å². The molecule has 0 aliphatic heterocycles. The number of aldehydes is 1. The second kappa shape index (κ2) is 4.24. The van der Waals surface area contributed by atoms with Crippen molar-refractivity contribution >= 4 is 17.2 Å². The molecule has 0 atom stereocenters. The summed E-state index contributed by atoms with van der Waals surface area (Å²) in [4.78, 5) is 11.1. The summed E-state index contributed by atoms with van der Waals surface area (Å²) in [5.74, 6) is 1.17. The molecule has 1 heterocycles. The number of methoxy groups -OCH3 is 1. The highest BCUT2D eigenvalue weighted by atomic mass is 16.5. The van der Waals surface area contributed by atoms with Crippen LogP contribution in [-0.2, 0) is 7.05 Å². The van der Waals surface area contributed by atoms with Gasteiger partial charge in [-0.1, -0.05) is 19.9 Å². The normalized spacial score (nSPS) is 11.1. The van der Waals surface area contributed by atoms with Crippen molar-refractivity contribution in [3.63, 3.8) is 0 Å². The van der Waals surface area contributed by atoms with E-state index in [-0.39, 0.29) is 0 Å². The SMILES string of the molecule is COc1ccc(C(C)C)c2c1c(C=O)cn2C. The van der Waals surface area contributed by atoms with Crippen molar-refractivity contribution in [2.75, 3.05) is 7.11 Å². The molecule has 1 aromatic carbocycles. The second-order valence-corrected chi connectivity index (χ2v) is 4.55. The van der Waals surface area contributed by atoms with Crippen molar-refractivity contribution in [1.29, 1.82) is 0 Å². The zero-order valence-electron chi connectivity index (χ0n) is 10.7. The van der Waals surface area contributed by atoms with E-state index in [4.69, 9.17) is 4.74 Å². The van der Waals surface area contributed by atoms with Crippen LogP contribution in [-0.4, -0.2) is 18.0 Å². The molecule has 17 heavy (non-hydrogen) atoms. The Labute approximate surface area is 101 Å². The molecule has 2 aromatic rings. The maximum absolute atomic E-state index is 11.1. The number of carbonyl (C=O) groups is 1. The van der Waals surface area contributed by atoms with E-state index < -0.39 is 0 Å². The number of hydrogen-bond acceptors (Lipinski definition) is 2. The van der Waals surface area contributed by atoms with E-state index in [1.165, 1.54) is 5.56 Å². The third-order valence-corrected chi connectivity index (χ3v) is 3.11. The van der Waals surface area contributed by atoms with E-state index in [0.717, 1.165) is 22.9 Å². The van der Waals surface area contributed by atoms with Crippen LogP contribution in [0.3, 0.4) is 0 Å². The summed E-state index contributed by atoms with van der Waals surface area (Å²) in [7, 11) is 3.59. The molecule has 0 aliphatic rings. The molecule has 0 unspecified atom stereocenters. The van der Waals surface area contributed by atoms with Crippen LogP contribution in [0.15, 0.2) is 18.3 Å². The van der Waals surface area contributed by atoms with Crippen molar-refractivity contribution in [2.24, 2.45) is 7.05 Å². The van der Waals surface area contributed by atoms with Crippen molar-refractivity contribution < 1.29 is 9.53 Å². The first-order valence-corrected chi connectivity index (χ1v) is 5.71. The van der Waals surface area contributed by atoms with Gasteiger partial charge < -0.3 is 9.30 Å². The molecular formula is C14H17NO2. The molecule has 0 amide bonds. The quantitative estimate of drug-likeness (QED) is 0.760. The number of ether oxygens (including phenoxy) is 1. The molecule has 0 saturated heterocycles. The molecule has 3 heteroatoms. The minimum atomic E-state index is 0.413. The fraction of sp³-hybridized carbons (Fsp3) is 0.357. The van der Waals surface area contributed by atoms with E-state index in [1.54, 1.807) is 7.11 Å². The lowest BCUT2D eigenvalue weighted by Gasteiger charge is -2.12. The Kier molecular flexibility index (Phi) is 2.92. The maximum Gasteiger partial charge on any atom is 0.152 e. The van der Waals surface area contributed by atoms with Crippen molar-refractivity contribution in [3.8, 4) is 5.75 Å². The van der Waals surface area contributed by atoms with Gasteiger partial charge in [-0.2, -0.15) is 0 Å². The van der Waals surface area contributed by atoms with Crippen molar-refractivity contribution in [2.45, 2.75) is 19.8 Å². The van der Waals surface area contributed by atoms with E-state index in [2.05, 4.69) is 19.9 Å². The lowest BCUT2D eigenvalue weighted by Crippen LogP contribution is -1.95. The fourth-order valence-electron chi connectivity index (χ4n) is 2.31. The third kappa shape index (κ3) is 1.71. The van der Waals surface area contributed by atoms with Crippen LogP contribution < -0.4 is 4.74 Å². The molecular weight excluding hydrogens is 214 g/mol. The molecule has 0 fully saturated rings. The van der Waals surface area contributed by atoms with Gasteiger partial charge in [0.05, 0.1) is 18.0 Å². The largest absolute Gasteiger partial charge is 0.496 e. The average molecular weight is 231 g/mol. The van der Waals surface area contributed by atoms with Gasteiger partial charge >= 0.3 is 0 Å². The highest BCUT2D eigenvalue weighted by Gasteiger charge is 2.16. The Morgan fingerprint density at radius 3 is 2.59 bits per heavy atom. The molecule has 0 N–H and O–H groups in total. The molecule has 2 rings (SSSR count). The Balaban J connectivity index is 2.91. The number of fused-ring (bicyclic) bond motifs is 1. The Morgan fingerprint density at radius 2 is 2.06 bits per heavy atom. The lowest BCUT2D eigenvalue weighted by molar-refractivity contribution is 0.112. The number of rotatable bonds is 3. The summed E-state index contributed by atoms with van der Waals surface area (Å²) in [5, 5.41) is 0.913. The highest BCUT2D eigenvalue weighted by Crippen LogP contribution is 2.34. The second-order valence-electron chi connectivity index (χ2n) is 4.55. The van der Waals surface area contributed by atoms with Gasteiger partial charge in [0, 0.05) is 18.8 Å². The Morgan fingerprint density at radius 1 is 1.35 bits per heavy atom. The summed E-state index contributed by atoms with van der Waals surface area (Å²) in [5.41, 5.74) is 3.00. The van der Waals surface area contributed by atoms with Crippen LogP contribution in [0.1, 0.15) is 35.7 Å². The van der Waals surface area contributed by atoms with Gasteiger partial charge in [-0.3, -0.25) is 4.79 Å². The van der Waals surface area contributed by atoms with Crippen molar-refractivity contribution in [1.82, 2.24) is 4.57 Å². The van der Waals surface area contributed by atoms with Gasteiger partial charge in [-0.15, -0.1) is 0 Å². The molecule has 90 valence electrons. The molecule has 0 bridgehead atoms. The van der Waals surface area contributed by atoms with Gasteiger partial charge in [0.2, 0.25) is 0 Å². The zero-order valence-corrected chi connectivity index (χ0v) is 10.7. The van der Waals surface area contributed by atoms with Crippen molar-refractivity contribution in [3.05, 3.63) is 29.5 Å². The Hall–Kier alpha value is -1.77. The standard InChI is InChI=1S/C14H17NO2/c1-9(2)11-5-6-12(17-4)13-10(8-16)7-15(3)14(11)13/h5-9H,1-4H3. The Bertz CT molecular complexity index is 567. The van der Waals surface area contributed by atoms with E-state index in [9.17, 15) is 4.79 Å². The van der Waals surface area contributed by atoms with Crippen LogP contribution in [0.2, 0.25) is 0 Å². The van der Waals surface area contributed by atoms with Crippen LogP contribution in [0.5, 0.6) is 5.75 Å². The van der Waals surface area contributed by atoms with Crippen LogP contribution in [0.4, 0.5) is 0 Å². The minimum absolute atomic E-state index is 0.413. The lowest BCUT2D eigenvalue weighted by atomic mass is 9.99. The van der Waals surface area contributed by atoms with E-state index in [0.29, 0.717) is 11.5 Å². The van der Waals surface area contributed by atoms with E-state index >= 15 is 0 Å². The first-order valence-electron chi connectivity index (χ1n) is 5.71. The van der Waals surface area contributed by atoms with Crippen LogP contribution in [0.25, 0.3) is 10.9 Å². The van der Waals surface area contributed by atoms with Gasteiger partial charge in [-0.25, -0.2) is 0 Å². The summed E-state index contributed by atoms with van der Waals surface area (Å²) in [6.07, 6.45) is 2.74. The van der Waals surface area contributed by atoms with Crippen LogP contribution >= 0.6 is 0 Å². The average Bonchev–Trinajstić information content (AvgIpc) is 2.66. The van der Waals surface area contributed by atoms with Crippen LogP contribution in [0, 0.1) is 0 Å². The number of nitrogens with zero attached hydrogens (tertiary/aromatic N) is 1. The monoisotopic (exact) mass is 231 g/mol. The number of aromatic nitrogens is 1. The fourth-order valence-corrected chi connectivity index (χ4v) is 2.31. The molecule has 0 saturated carbocycles. The van der Waals surface area contributed by atoms with Gasteiger partial charge in [0.1, 0.15) is 5.75 Å². The summed E-state index contributed by atoms with van der Waals surface area (Å²) in [6.45, 7) is 4.30. The third-order valence-electron chi connectivity index (χ3n) is 3.11. The number of aryl methyl sites for hydroxylation is 1. The zero-order chi connectivity index (χ0) is 12.6. The first-order chi connectivity index (χ1) is 8.10. The molecule has 1 aromatic heterocycles. The topological polar surface area (TPSA) is 31.2 Å². The van der Waals surface area contributed by atoms with Gasteiger partial charge in [0.25, 0.3) is 0 Å². The predicted molar refractivity (Wildman–Crippen MR) is 68.9 cm³/mol. The minimum Gasteiger partial charge on any atom is -0.496 e. The van der Waals surface area contributed by atoms with E-state index in [1.807, 2.05) is 23.9 Å². The first kappa shape index (κ1) is 11.7. The summed E-state index contributed by atoms with van der Waals surface area (Å²) in [6, 6.07) is 4.01. The number of carbonyl (C=O) groups excluding carboxylic acids is 1. The molecule has 3 nitrogen and oxygen atoms in total. The molecule has 0 spiro atoms. The maximum atomic E-state index is 11.1. The molecule has 0 aliphatic carbocycles. The predicted octanol–water partition coefficient (Wildman–Crippen LogP) is 3.12. The molecule has 0 radical (unpaired) electrons. The smallest absolute Gasteiger partial charge is 0.152 e. The van der Waals surface area contributed by atoms with Gasteiger partial charge in [0.15, 0.2) is 6.29 Å². The number of hydrogen-bond donors (Lipinski definition) is 0. The summed E-state index contributed by atoms with van der Waals surface area (Å²) < 4.78 is 7.34. The summed E-state index contributed by atoms with van der Waals surface area (Å²) >= 11 is 0. The number of benzene rings is 1.